The summed E-state index contributed by atoms with van der Waals surface area (Å²) in [6.45, 7) is 10.7. The van der Waals surface area contributed by atoms with Gasteiger partial charge in [-0.15, -0.1) is 0 Å². The van der Waals surface area contributed by atoms with Gasteiger partial charge in [-0.3, -0.25) is 0 Å². The minimum atomic E-state index is -0.367. The molecule has 0 bridgehead atoms. The maximum Gasteiger partial charge on any atom is 0.174 e. The lowest BCUT2D eigenvalue weighted by molar-refractivity contribution is -0.264. The van der Waals surface area contributed by atoms with Gasteiger partial charge in [0.1, 0.15) is 5.60 Å². The van der Waals surface area contributed by atoms with Crippen LogP contribution in [-0.2, 0) is 14.2 Å². The lowest BCUT2D eigenvalue weighted by Gasteiger charge is -2.61. The van der Waals surface area contributed by atoms with Crippen LogP contribution in [0.1, 0.15) is 91.9 Å². The largest absolute Gasteiger partial charge is 0.364 e. The van der Waals surface area contributed by atoms with E-state index in [2.05, 4.69) is 27.7 Å². The van der Waals surface area contributed by atoms with Crippen LogP contribution >= 0.6 is 0 Å². The van der Waals surface area contributed by atoms with Gasteiger partial charge in [-0.25, -0.2) is 0 Å². The first-order valence-corrected chi connectivity index (χ1v) is 13.3. The Bertz CT molecular complexity index is 752. The average Bonchev–Trinajstić information content (AvgIpc) is 3.18. The van der Waals surface area contributed by atoms with Crippen molar-refractivity contribution in [3.8, 4) is 0 Å². The van der Waals surface area contributed by atoms with Gasteiger partial charge in [0.25, 0.3) is 0 Å². The van der Waals surface area contributed by atoms with Gasteiger partial charge in [0.15, 0.2) is 5.79 Å². The molecule has 0 aromatic heterocycles. The minimum Gasteiger partial charge on any atom is -0.364 e. The van der Waals surface area contributed by atoms with Crippen molar-refractivity contribution in [3.05, 3.63) is 0 Å². The predicted molar refractivity (Wildman–Crippen MR) is 116 cm³/mol. The van der Waals surface area contributed by atoms with Crippen molar-refractivity contribution < 1.29 is 14.2 Å². The van der Waals surface area contributed by atoms with E-state index in [-0.39, 0.29) is 11.4 Å². The second-order valence-corrected chi connectivity index (χ2v) is 13.4. The fourth-order valence-electron chi connectivity index (χ4n) is 10.6. The molecule has 1 spiro atoms. The van der Waals surface area contributed by atoms with Gasteiger partial charge in [-0.2, -0.15) is 0 Å². The van der Waals surface area contributed by atoms with Gasteiger partial charge in [0.05, 0.1) is 18.8 Å². The molecule has 0 aromatic rings. The van der Waals surface area contributed by atoms with Crippen LogP contribution in [0.2, 0.25) is 0 Å². The standard InChI is InChI=1S/C27H42O3/c1-16-23-21(29-27(16)14-22-26(4,30-22)15-28-27)13-20-18-9-8-17-7-5-6-11-24(17,2)19(18)10-12-25(20,23)3/h16-23H,5-15H2,1-4H3/t16-,17+,18+,19-,20-,21-,22+,23-,24-,25-,26-,27+/m0/s1. The maximum atomic E-state index is 6.93. The molecule has 4 aliphatic carbocycles. The number of fused-ring (bicyclic) bond motifs is 8. The first-order chi connectivity index (χ1) is 14.3. The monoisotopic (exact) mass is 414 g/mol. The lowest BCUT2D eigenvalue weighted by atomic mass is 9.44. The predicted octanol–water partition coefficient (Wildman–Crippen LogP) is 5.95. The number of epoxide rings is 1. The summed E-state index contributed by atoms with van der Waals surface area (Å²) in [4.78, 5) is 0. The first-order valence-electron chi connectivity index (χ1n) is 13.3. The molecule has 3 aliphatic heterocycles. The highest BCUT2D eigenvalue weighted by molar-refractivity contribution is 5.17. The first kappa shape index (κ1) is 19.4. The molecule has 0 N–H and O–H groups in total. The van der Waals surface area contributed by atoms with Crippen LogP contribution in [0, 0.1) is 46.3 Å². The fourth-order valence-corrected chi connectivity index (χ4v) is 10.6. The lowest BCUT2D eigenvalue weighted by Crippen LogP contribution is -2.54. The van der Waals surface area contributed by atoms with E-state index in [1.165, 1.54) is 57.8 Å². The summed E-state index contributed by atoms with van der Waals surface area (Å²) in [6.07, 6.45) is 14.9. The highest BCUT2D eigenvalue weighted by Gasteiger charge is 2.72. The molecule has 3 heterocycles. The Kier molecular flexibility index (Phi) is 3.78. The molecule has 3 nitrogen and oxygen atoms in total. The highest BCUT2D eigenvalue weighted by Crippen LogP contribution is 2.71. The highest BCUT2D eigenvalue weighted by atomic mass is 16.7. The smallest absolute Gasteiger partial charge is 0.174 e. The van der Waals surface area contributed by atoms with Gasteiger partial charge < -0.3 is 14.2 Å². The van der Waals surface area contributed by atoms with E-state index in [1.54, 1.807) is 0 Å². The Labute approximate surface area is 183 Å². The molecule has 3 saturated heterocycles. The van der Waals surface area contributed by atoms with E-state index in [9.17, 15) is 0 Å². The molecule has 3 heteroatoms. The molecule has 12 atom stereocenters. The summed E-state index contributed by atoms with van der Waals surface area (Å²) in [5, 5.41) is 0. The van der Waals surface area contributed by atoms with Crippen LogP contribution in [-0.4, -0.2) is 30.2 Å². The molecule has 30 heavy (non-hydrogen) atoms. The van der Waals surface area contributed by atoms with Crippen molar-refractivity contribution in [1.29, 1.82) is 0 Å². The average molecular weight is 415 g/mol. The van der Waals surface area contributed by atoms with Crippen LogP contribution < -0.4 is 0 Å². The van der Waals surface area contributed by atoms with Crippen LogP contribution in [0.4, 0.5) is 0 Å². The van der Waals surface area contributed by atoms with E-state index >= 15 is 0 Å². The Morgan fingerprint density at radius 2 is 1.70 bits per heavy atom. The van der Waals surface area contributed by atoms with E-state index in [0.717, 1.165) is 30.1 Å². The van der Waals surface area contributed by atoms with Gasteiger partial charge in [0, 0.05) is 12.3 Å². The van der Waals surface area contributed by atoms with Gasteiger partial charge in [-0.05, 0) is 92.3 Å². The Balaban J connectivity index is 1.17. The zero-order valence-corrected chi connectivity index (χ0v) is 19.6. The van der Waals surface area contributed by atoms with E-state index in [4.69, 9.17) is 14.2 Å². The number of ether oxygens (including phenoxy) is 3. The van der Waals surface area contributed by atoms with Gasteiger partial charge in [-0.1, -0.05) is 33.6 Å². The molecular formula is C27H42O3. The van der Waals surface area contributed by atoms with E-state index in [0.29, 0.717) is 41.5 Å². The van der Waals surface area contributed by atoms with Crippen LogP contribution in [0.15, 0.2) is 0 Å². The van der Waals surface area contributed by atoms with Crippen molar-refractivity contribution in [2.75, 3.05) is 6.61 Å². The Hall–Kier alpha value is -0.120. The third-order valence-electron chi connectivity index (χ3n) is 12.4. The number of hydrogen-bond acceptors (Lipinski definition) is 3. The SMILES string of the molecule is C[C@H]1[C@H]2[C@H](C[C@H]3[C@@H]4CC[C@H]5CCCC[C@]5(C)[C@H]4CC[C@]23C)O[C@]12C[C@H]1O[C@@]1(C)CO2. The molecule has 0 amide bonds. The molecular weight excluding hydrogens is 372 g/mol. The van der Waals surface area contributed by atoms with Crippen LogP contribution in [0.5, 0.6) is 0 Å². The van der Waals surface area contributed by atoms with E-state index < -0.39 is 0 Å². The maximum absolute atomic E-state index is 6.93. The molecule has 0 unspecified atom stereocenters. The third-order valence-corrected chi connectivity index (χ3v) is 12.4. The minimum absolute atomic E-state index is 0.0232. The number of hydrogen-bond donors (Lipinski definition) is 0. The summed E-state index contributed by atoms with van der Waals surface area (Å²) < 4.78 is 19.4. The van der Waals surface area contributed by atoms with Crippen molar-refractivity contribution in [2.24, 2.45) is 46.3 Å². The second-order valence-electron chi connectivity index (χ2n) is 13.4. The normalized spacial score (nSPS) is 66.0. The summed E-state index contributed by atoms with van der Waals surface area (Å²) >= 11 is 0. The zero-order chi connectivity index (χ0) is 20.5. The fraction of sp³-hybridized carbons (Fsp3) is 1.00. The second kappa shape index (κ2) is 5.86. The van der Waals surface area contributed by atoms with Crippen molar-refractivity contribution in [3.63, 3.8) is 0 Å². The van der Waals surface area contributed by atoms with E-state index in [1.807, 2.05) is 0 Å². The Morgan fingerprint density at radius 3 is 2.53 bits per heavy atom. The summed E-state index contributed by atoms with van der Waals surface area (Å²) in [7, 11) is 0. The molecule has 0 radical (unpaired) electrons. The van der Waals surface area contributed by atoms with Crippen LogP contribution in [0.25, 0.3) is 0 Å². The van der Waals surface area contributed by atoms with Crippen molar-refractivity contribution in [2.45, 2.75) is 115 Å². The van der Waals surface area contributed by atoms with Gasteiger partial charge in [0.2, 0.25) is 0 Å². The Morgan fingerprint density at radius 1 is 0.833 bits per heavy atom. The summed E-state index contributed by atoms with van der Waals surface area (Å²) in [5.74, 6) is 4.60. The summed E-state index contributed by atoms with van der Waals surface area (Å²) in [5.41, 5.74) is 1.06. The number of rotatable bonds is 0. The molecule has 168 valence electrons. The van der Waals surface area contributed by atoms with Crippen molar-refractivity contribution in [1.82, 2.24) is 0 Å². The molecule has 0 aromatic carbocycles. The van der Waals surface area contributed by atoms with Gasteiger partial charge >= 0.3 is 0 Å². The quantitative estimate of drug-likeness (QED) is 0.459. The zero-order valence-electron chi connectivity index (χ0n) is 19.6. The van der Waals surface area contributed by atoms with Crippen LogP contribution in [0.3, 0.4) is 0 Å². The van der Waals surface area contributed by atoms with Crippen molar-refractivity contribution >= 4 is 0 Å². The summed E-state index contributed by atoms with van der Waals surface area (Å²) in [6, 6.07) is 0. The molecule has 4 saturated carbocycles. The third kappa shape index (κ3) is 2.24. The molecule has 7 aliphatic rings. The molecule has 7 rings (SSSR count). The molecule has 7 fully saturated rings. The topological polar surface area (TPSA) is 31.0 Å².